The molecule has 1 aromatic rings. The topological polar surface area (TPSA) is 25.2 Å². The molecule has 1 heterocycles. The zero-order valence-corrected chi connectivity index (χ0v) is 10.6. The van der Waals surface area contributed by atoms with Gasteiger partial charge in [-0.15, -0.1) is 0 Å². The maximum absolute atomic E-state index is 5.57. The average molecular weight is 221 g/mol. The summed E-state index contributed by atoms with van der Waals surface area (Å²) >= 11 is 0. The molecule has 3 atom stereocenters. The van der Waals surface area contributed by atoms with Crippen LogP contribution in [0.15, 0.2) is 16.5 Å². The van der Waals surface area contributed by atoms with Crippen molar-refractivity contribution in [3.8, 4) is 0 Å². The van der Waals surface area contributed by atoms with Crippen molar-refractivity contribution in [2.45, 2.75) is 52.6 Å². The molecule has 1 saturated carbocycles. The van der Waals surface area contributed by atoms with Gasteiger partial charge in [0.2, 0.25) is 0 Å². The van der Waals surface area contributed by atoms with Crippen LogP contribution in [-0.4, -0.2) is 6.04 Å². The molecule has 1 aliphatic rings. The van der Waals surface area contributed by atoms with Crippen LogP contribution in [0.3, 0.4) is 0 Å². The Kier molecular flexibility index (Phi) is 3.70. The van der Waals surface area contributed by atoms with E-state index in [0.29, 0.717) is 6.04 Å². The predicted molar refractivity (Wildman–Crippen MR) is 66.3 cm³/mol. The van der Waals surface area contributed by atoms with Crippen molar-refractivity contribution in [2.24, 2.45) is 11.8 Å². The molecular weight excluding hydrogens is 198 g/mol. The Balaban J connectivity index is 1.81. The fraction of sp³-hybridized carbons (Fsp3) is 0.714. The first-order valence-corrected chi connectivity index (χ1v) is 6.44. The maximum atomic E-state index is 5.57. The summed E-state index contributed by atoms with van der Waals surface area (Å²) in [6, 6.07) is 4.77. The molecule has 16 heavy (non-hydrogen) atoms. The lowest BCUT2D eigenvalue weighted by Gasteiger charge is -2.33. The summed E-state index contributed by atoms with van der Waals surface area (Å²) in [4.78, 5) is 0. The van der Waals surface area contributed by atoms with E-state index in [1.165, 1.54) is 19.3 Å². The van der Waals surface area contributed by atoms with Crippen LogP contribution < -0.4 is 5.32 Å². The van der Waals surface area contributed by atoms with Crippen LogP contribution in [-0.2, 0) is 6.54 Å². The van der Waals surface area contributed by atoms with Crippen LogP contribution in [0.2, 0.25) is 0 Å². The molecule has 0 aliphatic heterocycles. The zero-order chi connectivity index (χ0) is 11.5. The maximum Gasteiger partial charge on any atom is 0.117 e. The molecule has 3 unspecified atom stereocenters. The molecule has 0 spiro atoms. The summed E-state index contributed by atoms with van der Waals surface area (Å²) in [5, 5.41) is 3.63. The van der Waals surface area contributed by atoms with Crippen molar-refractivity contribution in [3.05, 3.63) is 23.7 Å². The van der Waals surface area contributed by atoms with Gasteiger partial charge in [0.15, 0.2) is 0 Å². The van der Waals surface area contributed by atoms with Gasteiger partial charge in [0, 0.05) is 6.04 Å². The van der Waals surface area contributed by atoms with E-state index in [0.717, 1.165) is 29.9 Å². The molecule has 1 fully saturated rings. The van der Waals surface area contributed by atoms with Crippen LogP contribution in [0.1, 0.15) is 44.6 Å². The highest BCUT2D eigenvalue weighted by Crippen LogP contribution is 2.28. The lowest BCUT2D eigenvalue weighted by molar-refractivity contribution is 0.223. The largest absolute Gasteiger partial charge is 0.465 e. The minimum Gasteiger partial charge on any atom is -0.465 e. The van der Waals surface area contributed by atoms with Gasteiger partial charge in [0.25, 0.3) is 0 Å². The molecular formula is C14H23NO. The van der Waals surface area contributed by atoms with E-state index in [2.05, 4.69) is 25.2 Å². The third-order valence-electron chi connectivity index (χ3n) is 3.77. The van der Waals surface area contributed by atoms with Crippen LogP contribution >= 0.6 is 0 Å². The minimum absolute atomic E-state index is 0.668. The van der Waals surface area contributed by atoms with Crippen molar-refractivity contribution in [2.75, 3.05) is 0 Å². The fourth-order valence-electron chi connectivity index (χ4n) is 2.78. The Morgan fingerprint density at radius 3 is 2.75 bits per heavy atom. The summed E-state index contributed by atoms with van der Waals surface area (Å²) in [5.74, 6) is 3.75. The average Bonchev–Trinajstić information content (AvgIpc) is 2.63. The van der Waals surface area contributed by atoms with Gasteiger partial charge in [-0.05, 0) is 50.2 Å². The fourth-order valence-corrected chi connectivity index (χ4v) is 2.78. The van der Waals surface area contributed by atoms with Crippen molar-refractivity contribution < 1.29 is 4.42 Å². The number of aryl methyl sites for hydroxylation is 1. The molecule has 2 nitrogen and oxygen atoms in total. The lowest BCUT2D eigenvalue weighted by atomic mass is 9.80. The number of hydrogen-bond acceptors (Lipinski definition) is 2. The second-order valence-electron chi connectivity index (χ2n) is 5.40. The van der Waals surface area contributed by atoms with Gasteiger partial charge in [0.05, 0.1) is 6.54 Å². The van der Waals surface area contributed by atoms with E-state index in [-0.39, 0.29) is 0 Å². The van der Waals surface area contributed by atoms with Crippen LogP contribution in [0, 0.1) is 18.8 Å². The Morgan fingerprint density at radius 2 is 2.12 bits per heavy atom. The van der Waals surface area contributed by atoms with E-state index >= 15 is 0 Å². The first-order chi connectivity index (χ1) is 7.65. The third kappa shape index (κ3) is 2.88. The van der Waals surface area contributed by atoms with E-state index in [1.807, 2.05) is 13.0 Å². The molecule has 1 N–H and O–H groups in total. The summed E-state index contributed by atoms with van der Waals surface area (Å²) in [6.07, 6.45) is 4.02. The van der Waals surface area contributed by atoms with Crippen LogP contribution in [0.25, 0.3) is 0 Å². The number of nitrogens with one attached hydrogen (secondary N) is 1. The van der Waals surface area contributed by atoms with E-state index in [4.69, 9.17) is 4.42 Å². The van der Waals surface area contributed by atoms with Gasteiger partial charge in [-0.25, -0.2) is 0 Å². The standard InChI is InChI=1S/C14H23NO/c1-10-4-7-14(11(2)8-10)15-9-13-6-5-12(3)16-13/h5-6,10-11,14-15H,4,7-9H2,1-3H3. The lowest BCUT2D eigenvalue weighted by Crippen LogP contribution is -2.38. The van der Waals surface area contributed by atoms with E-state index < -0.39 is 0 Å². The zero-order valence-electron chi connectivity index (χ0n) is 10.6. The molecule has 2 rings (SSSR count). The normalized spacial score (nSPS) is 30.6. The van der Waals surface area contributed by atoms with E-state index in [9.17, 15) is 0 Å². The van der Waals surface area contributed by atoms with Gasteiger partial charge in [-0.1, -0.05) is 13.8 Å². The highest BCUT2D eigenvalue weighted by Gasteiger charge is 2.24. The Hall–Kier alpha value is -0.760. The Bertz CT molecular complexity index is 331. The highest BCUT2D eigenvalue weighted by molar-refractivity contribution is 5.05. The predicted octanol–water partition coefficient (Wildman–Crippen LogP) is 3.50. The van der Waals surface area contributed by atoms with Crippen molar-refractivity contribution >= 4 is 0 Å². The molecule has 2 heteroatoms. The molecule has 0 amide bonds. The molecule has 1 aromatic heterocycles. The Morgan fingerprint density at radius 1 is 1.31 bits per heavy atom. The molecule has 0 bridgehead atoms. The van der Waals surface area contributed by atoms with Crippen molar-refractivity contribution in [1.29, 1.82) is 0 Å². The van der Waals surface area contributed by atoms with Crippen LogP contribution in [0.5, 0.6) is 0 Å². The second-order valence-corrected chi connectivity index (χ2v) is 5.40. The molecule has 1 aliphatic carbocycles. The monoisotopic (exact) mass is 221 g/mol. The number of rotatable bonds is 3. The summed E-state index contributed by atoms with van der Waals surface area (Å²) in [5.41, 5.74) is 0. The Labute approximate surface area is 98.4 Å². The first-order valence-electron chi connectivity index (χ1n) is 6.44. The van der Waals surface area contributed by atoms with E-state index in [1.54, 1.807) is 0 Å². The van der Waals surface area contributed by atoms with Gasteiger partial charge < -0.3 is 9.73 Å². The summed E-state index contributed by atoms with van der Waals surface area (Å²) in [7, 11) is 0. The first kappa shape index (κ1) is 11.7. The number of furan rings is 1. The smallest absolute Gasteiger partial charge is 0.117 e. The van der Waals surface area contributed by atoms with Crippen molar-refractivity contribution in [1.82, 2.24) is 5.32 Å². The third-order valence-corrected chi connectivity index (χ3v) is 3.77. The molecule has 0 radical (unpaired) electrons. The van der Waals surface area contributed by atoms with Gasteiger partial charge in [-0.2, -0.15) is 0 Å². The SMILES string of the molecule is Cc1ccc(CNC2CCC(C)CC2C)o1. The van der Waals surface area contributed by atoms with Crippen LogP contribution in [0.4, 0.5) is 0 Å². The number of hydrogen-bond donors (Lipinski definition) is 1. The van der Waals surface area contributed by atoms with Gasteiger partial charge in [0.1, 0.15) is 11.5 Å². The molecule has 90 valence electrons. The second kappa shape index (κ2) is 5.05. The minimum atomic E-state index is 0.668. The molecule has 0 saturated heterocycles. The molecule has 0 aromatic carbocycles. The highest BCUT2D eigenvalue weighted by atomic mass is 16.3. The van der Waals surface area contributed by atoms with Gasteiger partial charge >= 0.3 is 0 Å². The quantitative estimate of drug-likeness (QED) is 0.845. The summed E-state index contributed by atoms with van der Waals surface area (Å²) in [6.45, 7) is 7.59. The van der Waals surface area contributed by atoms with Crippen molar-refractivity contribution in [3.63, 3.8) is 0 Å². The summed E-state index contributed by atoms with van der Waals surface area (Å²) < 4.78 is 5.57. The van der Waals surface area contributed by atoms with Gasteiger partial charge in [-0.3, -0.25) is 0 Å².